The van der Waals surface area contributed by atoms with E-state index in [0.717, 1.165) is 22.6 Å². The average Bonchev–Trinajstić information content (AvgIpc) is 2.55. The van der Waals surface area contributed by atoms with Gasteiger partial charge in [-0.1, -0.05) is 50.6 Å². The lowest BCUT2D eigenvalue weighted by Gasteiger charge is -2.17. The minimum absolute atomic E-state index is 0.0194. The van der Waals surface area contributed by atoms with Gasteiger partial charge in [-0.3, -0.25) is 4.68 Å². The van der Waals surface area contributed by atoms with Crippen molar-refractivity contribution in [2.24, 2.45) is 7.05 Å². The lowest BCUT2D eigenvalue weighted by Crippen LogP contribution is -2.13. The fraction of sp³-hybridized carbons (Fsp3) is 0.400. The lowest BCUT2D eigenvalue weighted by atomic mass is 9.87. The quantitative estimate of drug-likeness (QED) is 0.835. The third-order valence-electron chi connectivity index (χ3n) is 3.11. The van der Waals surface area contributed by atoms with Gasteiger partial charge in [0.25, 0.3) is 0 Å². The van der Waals surface area contributed by atoms with Crippen LogP contribution in [0.15, 0.2) is 24.3 Å². The second-order valence-corrected chi connectivity index (χ2v) is 5.85. The summed E-state index contributed by atoms with van der Waals surface area (Å²) in [7, 11) is 1.89. The normalized spacial score (nSPS) is 11.8. The summed E-state index contributed by atoms with van der Waals surface area (Å²) < 4.78 is 1.76. The van der Waals surface area contributed by atoms with E-state index in [1.165, 1.54) is 5.56 Å². The molecule has 2 N–H and O–H groups in total. The van der Waals surface area contributed by atoms with Crippen LogP contribution in [0.4, 0.5) is 5.82 Å². The molecule has 0 fully saturated rings. The summed E-state index contributed by atoms with van der Waals surface area (Å²) in [6.45, 7) is 8.57. The molecule has 18 heavy (non-hydrogen) atoms. The number of anilines is 1. The van der Waals surface area contributed by atoms with Gasteiger partial charge in [-0.2, -0.15) is 5.10 Å². The van der Waals surface area contributed by atoms with E-state index in [1.807, 2.05) is 7.05 Å². The summed E-state index contributed by atoms with van der Waals surface area (Å²) >= 11 is 0. The Bertz CT molecular complexity index is 574. The maximum Gasteiger partial charge on any atom is 0.129 e. The van der Waals surface area contributed by atoms with Gasteiger partial charge in [-0.25, -0.2) is 0 Å². The number of nitrogens with two attached hydrogens (primary N) is 1. The van der Waals surface area contributed by atoms with E-state index >= 15 is 0 Å². The van der Waals surface area contributed by atoms with Gasteiger partial charge in [0.1, 0.15) is 5.82 Å². The molecule has 0 amide bonds. The number of nitrogen functional groups attached to an aromatic ring is 1. The van der Waals surface area contributed by atoms with Crippen molar-refractivity contribution in [3.8, 4) is 11.1 Å². The second kappa shape index (κ2) is 4.16. The van der Waals surface area contributed by atoms with Crippen LogP contribution in [-0.4, -0.2) is 9.78 Å². The number of benzene rings is 1. The summed E-state index contributed by atoms with van der Waals surface area (Å²) in [5.74, 6) is 0.727. The van der Waals surface area contributed by atoms with Crippen molar-refractivity contribution < 1.29 is 0 Å². The maximum absolute atomic E-state index is 6.18. The van der Waals surface area contributed by atoms with Gasteiger partial charge in [-0.05, 0) is 12.5 Å². The Kier molecular flexibility index (Phi) is 2.93. The molecule has 0 radical (unpaired) electrons. The molecule has 0 aliphatic carbocycles. The van der Waals surface area contributed by atoms with Gasteiger partial charge in [0, 0.05) is 18.0 Å². The van der Waals surface area contributed by atoms with E-state index in [2.05, 4.69) is 57.1 Å². The Labute approximate surface area is 109 Å². The molecule has 0 unspecified atom stereocenters. The molecule has 0 spiro atoms. The highest BCUT2D eigenvalue weighted by Gasteiger charge is 2.25. The molecule has 0 saturated heterocycles. The monoisotopic (exact) mass is 243 g/mol. The van der Waals surface area contributed by atoms with Gasteiger partial charge >= 0.3 is 0 Å². The van der Waals surface area contributed by atoms with Crippen LogP contribution in [0.2, 0.25) is 0 Å². The zero-order chi connectivity index (χ0) is 13.5. The molecular weight excluding hydrogens is 222 g/mol. The number of hydrogen-bond donors (Lipinski definition) is 1. The Morgan fingerprint density at radius 1 is 1.22 bits per heavy atom. The molecule has 1 aromatic carbocycles. The molecular formula is C15H21N3. The van der Waals surface area contributed by atoms with Crippen LogP contribution in [0, 0.1) is 6.92 Å². The van der Waals surface area contributed by atoms with Crippen LogP contribution < -0.4 is 5.73 Å². The fourth-order valence-electron chi connectivity index (χ4n) is 2.15. The van der Waals surface area contributed by atoms with E-state index in [4.69, 9.17) is 5.73 Å². The largest absolute Gasteiger partial charge is 0.383 e. The van der Waals surface area contributed by atoms with E-state index in [9.17, 15) is 0 Å². The molecule has 1 aromatic heterocycles. The third-order valence-corrected chi connectivity index (χ3v) is 3.11. The fourth-order valence-corrected chi connectivity index (χ4v) is 2.15. The van der Waals surface area contributed by atoms with Crippen molar-refractivity contribution in [2.75, 3.05) is 5.73 Å². The van der Waals surface area contributed by atoms with Crippen molar-refractivity contribution >= 4 is 5.82 Å². The Morgan fingerprint density at radius 3 is 2.44 bits per heavy atom. The predicted molar refractivity (Wildman–Crippen MR) is 76.5 cm³/mol. The molecule has 0 aliphatic heterocycles. The van der Waals surface area contributed by atoms with Crippen molar-refractivity contribution in [1.82, 2.24) is 9.78 Å². The first kappa shape index (κ1) is 12.7. The first-order chi connectivity index (χ1) is 8.30. The number of aromatic nitrogens is 2. The molecule has 0 atom stereocenters. The Balaban J connectivity index is 2.70. The van der Waals surface area contributed by atoms with Crippen molar-refractivity contribution in [1.29, 1.82) is 0 Å². The van der Waals surface area contributed by atoms with Crippen LogP contribution >= 0.6 is 0 Å². The van der Waals surface area contributed by atoms with E-state index in [-0.39, 0.29) is 5.41 Å². The number of hydrogen-bond acceptors (Lipinski definition) is 2. The highest BCUT2D eigenvalue weighted by molar-refractivity contribution is 5.77. The second-order valence-electron chi connectivity index (χ2n) is 5.85. The zero-order valence-electron chi connectivity index (χ0n) is 11.8. The van der Waals surface area contributed by atoms with E-state index < -0.39 is 0 Å². The summed E-state index contributed by atoms with van der Waals surface area (Å²) in [5.41, 5.74) is 10.7. The standard InChI is InChI=1S/C15H21N3/c1-10-7-6-8-11(9-10)12-13(15(2,3)4)17-18(5)14(12)16/h6-9H,16H2,1-5H3. The summed E-state index contributed by atoms with van der Waals surface area (Å²) in [6.07, 6.45) is 0. The summed E-state index contributed by atoms with van der Waals surface area (Å²) in [5, 5.41) is 4.58. The van der Waals surface area contributed by atoms with Crippen LogP contribution in [-0.2, 0) is 12.5 Å². The molecule has 1 heterocycles. The zero-order valence-corrected chi connectivity index (χ0v) is 11.8. The average molecular weight is 243 g/mol. The van der Waals surface area contributed by atoms with Gasteiger partial charge < -0.3 is 5.73 Å². The van der Waals surface area contributed by atoms with Gasteiger partial charge in [0.2, 0.25) is 0 Å². The smallest absolute Gasteiger partial charge is 0.129 e. The number of rotatable bonds is 1. The highest BCUT2D eigenvalue weighted by atomic mass is 15.3. The molecule has 0 aliphatic rings. The SMILES string of the molecule is Cc1cccc(-c2c(C(C)(C)C)nn(C)c2N)c1. The minimum atomic E-state index is -0.0194. The van der Waals surface area contributed by atoms with E-state index in [0.29, 0.717) is 0 Å². The number of aryl methyl sites for hydroxylation is 2. The van der Waals surface area contributed by atoms with Crippen LogP contribution in [0.3, 0.4) is 0 Å². The van der Waals surface area contributed by atoms with Gasteiger partial charge in [0.15, 0.2) is 0 Å². The Morgan fingerprint density at radius 2 is 1.89 bits per heavy atom. The number of nitrogens with zero attached hydrogens (tertiary/aromatic N) is 2. The molecule has 0 bridgehead atoms. The molecule has 3 heteroatoms. The molecule has 2 rings (SSSR count). The third kappa shape index (κ3) is 2.13. The maximum atomic E-state index is 6.18. The van der Waals surface area contributed by atoms with Crippen molar-refractivity contribution in [3.05, 3.63) is 35.5 Å². The van der Waals surface area contributed by atoms with Crippen LogP contribution in [0.5, 0.6) is 0 Å². The van der Waals surface area contributed by atoms with Crippen molar-refractivity contribution in [3.63, 3.8) is 0 Å². The van der Waals surface area contributed by atoms with Crippen LogP contribution in [0.25, 0.3) is 11.1 Å². The molecule has 96 valence electrons. The predicted octanol–water partition coefficient (Wildman–Crippen LogP) is 3.28. The summed E-state index contributed by atoms with van der Waals surface area (Å²) in [4.78, 5) is 0. The minimum Gasteiger partial charge on any atom is -0.383 e. The van der Waals surface area contributed by atoms with E-state index in [1.54, 1.807) is 4.68 Å². The first-order valence-electron chi connectivity index (χ1n) is 6.20. The molecule has 3 nitrogen and oxygen atoms in total. The highest BCUT2D eigenvalue weighted by Crippen LogP contribution is 2.36. The molecule has 0 saturated carbocycles. The summed E-state index contributed by atoms with van der Waals surface area (Å²) in [6, 6.07) is 8.40. The Hall–Kier alpha value is -1.77. The molecule has 2 aromatic rings. The topological polar surface area (TPSA) is 43.8 Å². The lowest BCUT2D eigenvalue weighted by molar-refractivity contribution is 0.555. The van der Waals surface area contributed by atoms with Crippen LogP contribution in [0.1, 0.15) is 32.0 Å². The van der Waals surface area contributed by atoms with Crippen molar-refractivity contribution in [2.45, 2.75) is 33.1 Å². The first-order valence-corrected chi connectivity index (χ1v) is 6.20. The van der Waals surface area contributed by atoms with Gasteiger partial charge in [0.05, 0.1) is 5.69 Å². The van der Waals surface area contributed by atoms with Gasteiger partial charge in [-0.15, -0.1) is 0 Å².